The zero-order chi connectivity index (χ0) is 17.2. The fourth-order valence-corrected chi connectivity index (χ4v) is 3.97. The number of hydrogen-bond donors (Lipinski definition) is 1. The van der Waals surface area contributed by atoms with Crippen LogP contribution in [0.25, 0.3) is 11.3 Å². The number of aryl methyl sites for hydroxylation is 1. The fraction of sp³-hybridized carbons (Fsp3) is 0.158. The highest BCUT2D eigenvalue weighted by atomic mass is 79.9. The van der Waals surface area contributed by atoms with Crippen molar-refractivity contribution in [3.05, 3.63) is 64.8 Å². The normalized spacial score (nSPS) is 12.8. The molecule has 4 nitrogen and oxygen atoms in total. The average Bonchev–Trinajstić information content (AvgIpc) is 3.19. The summed E-state index contributed by atoms with van der Waals surface area (Å²) in [5, 5.41) is 4.03. The van der Waals surface area contributed by atoms with Gasteiger partial charge in [-0.3, -0.25) is 4.79 Å². The second kappa shape index (κ2) is 7.06. The number of rotatable bonds is 4. The second-order valence-electron chi connectivity index (χ2n) is 5.88. The van der Waals surface area contributed by atoms with Crippen LogP contribution in [0, 0.1) is 0 Å². The Kier molecular flexibility index (Phi) is 4.63. The maximum Gasteiger partial charge on any atom is 0.228 e. The molecule has 0 saturated heterocycles. The SMILES string of the molecule is O=C(Cc1ccc(Br)cc1)Nc1ccc(-c2cn3c(n2)SCC3)cc1. The summed E-state index contributed by atoms with van der Waals surface area (Å²) in [5.74, 6) is 1.08. The van der Waals surface area contributed by atoms with Crippen molar-refractivity contribution in [2.24, 2.45) is 0 Å². The van der Waals surface area contributed by atoms with Gasteiger partial charge in [0, 0.05) is 34.2 Å². The third kappa shape index (κ3) is 3.80. The first-order valence-electron chi connectivity index (χ1n) is 8.02. The van der Waals surface area contributed by atoms with Gasteiger partial charge in [0.15, 0.2) is 5.16 Å². The van der Waals surface area contributed by atoms with Crippen LogP contribution in [0.2, 0.25) is 0 Å². The molecule has 0 fully saturated rings. The zero-order valence-corrected chi connectivity index (χ0v) is 15.8. The number of thioether (sulfide) groups is 1. The number of halogens is 1. The van der Waals surface area contributed by atoms with Gasteiger partial charge in [-0.2, -0.15) is 0 Å². The van der Waals surface area contributed by atoms with E-state index in [9.17, 15) is 4.79 Å². The number of aromatic nitrogens is 2. The molecule has 1 amide bonds. The van der Waals surface area contributed by atoms with Crippen molar-refractivity contribution in [1.82, 2.24) is 9.55 Å². The van der Waals surface area contributed by atoms with E-state index in [1.807, 2.05) is 48.5 Å². The lowest BCUT2D eigenvalue weighted by Gasteiger charge is -2.06. The topological polar surface area (TPSA) is 46.9 Å². The van der Waals surface area contributed by atoms with Gasteiger partial charge < -0.3 is 9.88 Å². The molecule has 0 saturated carbocycles. The molecule has 1 aliphatic heterocycles. The maximum atomic E-state index is 12.2. The first kappa shape index (κ1) is 16.4. The van der Waals surface area contributed by atoms with Crippen LogP contribution in [0.5, 0.6) is 0 Å². The molecule has 1 N–H and O–H groups in total. The molecule has 0 bridgehead atoms. The lowest BCUT2D eigenvalue weighted by atomic mass is 10.1. The van der Waals surface area contributed by atoms with Gasteiger partial charge in [0.05, 0.1) is 12.1 Å². The van der Waals surface area contributed by atoms with Crippen molar-refractivity contribution in [2.75, 3.05) is 11.1 Å². The molecule has 0 radical (unpaired) electrons. The van der Waals surface area contributed by atoms with Gasteiger partial charge in [-0.25, -0.2) is 4.98 Å². The molecule has 2 aromatic carbocycles. The van der Waals surface area contributed by atoms with E-state index in [0.29, 0.717) is 6.42 Å². The molecule has 4 rings (SSSR count). The predicted molar refractivity (Wildman–Crippen MR) is 105 cm³/mol. The molecule has 0 unspecified atom stereocenters. The Bertz CT molecular complexity index is 882. The smallest absolute Gasteiger partial charge is 0.228 e. The molecular formula is C19H16BrN3OS. The summed E-state index contributed by atoms with van der Waals surface area (Å²) in [4.78, 5) is 16.8. The van der Waals surface area contributed by atoms with Gasteiger partial charge in [0.25, 0.3) is 0 Å². The minimum Gasteiger partial charge on any atom is -0.326 e. The van der Waals surface area contributed by atoms with Gasteiger partial charge in [0.2, 0.25) is 5.91 Å². The van der Waals surface area contributed by atoms with Crippen molar-refractivity contribution < 1.29 is 4.79 Å². The summed E-state index contributed by atoms with van der Waals surface area (Å²) in [6.07, 6.45) is 2.45. The quantitative estimate of drug-likeness (QED) is 0.679. The summed E-state index contributed by atoms with van der Waals surface area (Å²) in [6.45, 7) is 1.02. The Balaban J connectivity index is 1.41. The minimum absolute atomic E-state index is 0.0209. The summed E-state index contributed by atoms with van der Waals surface area (Å²) in [7, 11) is 0. The van der Waals surface area contributed by atoms with E-state index in [4.69, 9.17) is 0 Å². The third-order valence-corrected chi connectivity index (χ3v) is 5.54. The molecule has 0 aliphatic carbocycles. The van der Waals surface area contributed by atoms with E-state index < -0.39 is 0 Å². The number of nitrogens with one attached hydrogen (secondary N) is 1. The Labute approximate surface area is 158 Å². The summed E-state index contributed by atoms with van der Waals surface area (Å²) >= 11 is 5.19. The second-order valence-corrected chi connectivity index (χ2v) is 7.86. The largest absolute Gasteiger partial charge is 0.326 e. The van der Waals surface area contributed by atoms with E-state index in [2.05, 4.69) is 37.0 Å². The number of anilines is 1. The lowest BCUT2D eigenvalue weighted by Crippen LogP contribution is -2.14. The molecule has 126 valence electrons. The van der Waals surface area contributed by atoms with Crippen LogP contribution in [-0.2, 0) is 17.8 Å². The maximum absolute atomic E-state index is 12.2. The Morgan fingerprint density at radius 3 is 2.64 bits per heavy atom. The van der Waals surface area contributed by atoms with Gasteiger partial charge in [-0.05, 0) is 29.8 Å². The van der Waals surface area contributed by atoms with E-state index in [1.54, 1.807) is 11.8 Å². The van der Waals surface area contributed by atoms with E-state index in [1.165, 1.54) is 0 Å². The van der Waals surface area contributed by atoms with Crippen LogP contribution in [0.4, 0.5) is 5.69 Å². The predicted octanol–water partition coefficient (Wildman–Crippen LogP) is 4.60. The van der Waals surface area contributed by atoms with Gasteiger partial charge in [-0.1, -0.05) is 52.0 Å². The number of carbonyl (C=O) groups is 1. The van der Waals surface area contributed by atoms with Gasteiger partial charge >= 0.3 is 0 Å². The van der Waals surface area contributed by atoms with E-state index in [-0.39, 0.29) is 5.91 Å². The van der Waals surface area contributed by atoms with Crippen molar-refractivity contribution in [3.63, 3.8) is 0 Å². The molecule has 1 aliphatic rings. The zero-order valence-electron chi connectivity index (χ0n) is 13.4. The highest BCUT2D eigenvalue weighted by molar-refractivity contribution is 9.10. The first-order chi connectivity index (χ1) is 12.2. The number of amides is 1. The first-order valence-corrected chi connectivity index (χ1v) is 9.80. The van der Waals surface area contributed by atoms with Crippen molar-refractivity contribution in [1.29, 1.82) is 0 Å². The fourth-order valence-electron chi connectivity index (χ4n) is 2.77. The lowest BCUT2D eigenvalue weighted by molar-refractivity contribution is -0.115. The number of carbonyl (C=O) groups excluding carboxylic acids is 1. The summed E-state index contributed by atoms with van der Waals surface area (Å²) < 4.78 is 3.20. The Morgan fingerprint density at radius 2 is 1.92 bits per heavy atom. The van der Waals surface area contributed by atoms with Crippen LogP contribution in [-0.4, -0.2) is 21.2 Å². The minimum atomic E-state index is -0.0209. The molecular weight excluding hydrogens is 398 g/mol. The van der Waals surface area contributed by atoms with Crippen molar-refractivity contribution >= 4 is 39.3 Å². The van der Waals surface area contributed by atoms with E-state index >= 15 is 0 Å². The molecule has 1 aromatic heterocycles. The molecule has 2 heterocycles. The standard InChI is InChI=1S/C19H16BrN3OS/c20-15-5-1-13(2-6-15)11-18(24)21-16-7-3-14(4-8-16)17-12-23-9-10-25-19(23)22-17/h1-8,12H,9-11H2,(H,21,24). The molecule has 0 atom stereocenters. The number of hydrogen-bond acceptors (Lipinski definition) is 3. The number of nitrogens with zero attached hydrogens (tertiary/aromatic N) is 2. The monoisotopic (exact) mass is 413 g/mol. The molecule has 25 heavy (non-hydrogen) atoms. The molecule has 3 aromatic rings. The Morgan fingerprint density at radius 1 is 1.16 bits per heavy atom. The third-order valence-electron chi connectivity index (χ3n) is 4.05. The highest BCUT2D eigenvalue weighted by Gasteiger charge is 2.15. The van der Waals surface area contributed by atoms with Gasteiger partial charge in [0.1, 0.15) is 0 Å². The summed E-state index contributed by atoms with van der Waals surface area (Å²) in [6, 6.07) is 15.6. The molecule has 6 heteroatoms. The number of imidazole rings is 1. The van der Waals surface area contributed by atoms with Crippen LogP contribution >= 0.6 is 27.7 Å². The Hall–Kier alpha value is -2.05. The number of fused-ring (bicyclic) bond motifs is 1. The van der Waals surface area contributed by atoms with Crippen molar-refractivity contribution in [2.45, 2.75) is 18.1 Å². The van der Waals surface area contributed by atoms with Crippen molar-refractivity contribution in [3.8, 4) is 11.3 Å². The van der Waals surface area contributed by atoms with Crippen LogP contribution < -0.4 is 5.32 Å². The van der Waals surface area contributed by atoms with Crippen LogP contribution in [0.15, 0.2) is 64.4 Å². The highest BCUT2D eigenvalue weighted by Crippen LogP contribution is 2.29. The van der Waals surface area contributed by atoms with Crippen LogP contribution in [0.1, 0.15) is 5.56 Å². The van der Waals surface area contributed by atoms with Crippen LogP contribution in [0.3, 0.4) is 0 Å². The van der Waals surface area contributed by atoms with Gasteiger partial charge in [-0.15, -0.1) is 0 Å². The average molecular weight is 414 g/mol. The number of benzene rings is 2. The van der Waals surface area contributed by atoms with E-state index in [0.717, 1.165) is 44.4 Å². The molecule has 0 spiro atoms. The summed E-state index contributed by atoms with van der Waals surface area (Å²) in [5.41, 5.74) is 3.83.